The van der Waals surface area contributed by atoms with Gasteiger partial charge in [0.05, 0.1) is 0 Å². The SMILES string of the molecule is [2HH].[B]c1nc(C)nc2c1c(C)c(C)n2C. The predicted octanol–water partition coefficient (Wildman–Crippen LogP) is 0.933. The minimum Gasteiger partial charge on any atom is -0.333 e. The van der Waals surface area contributed by atoms with Crippen molar-refractivity contribution < 1.29 is 1.43 Å². The highest BCUT2D eigenvalue weighted by molar-refractivity contribution is 6.37. The molecular formula is C10H14BN3. The highest BCUT2D eigenvalue weighted by Crippen LogP contribution is 2.19. The monoisotopic (exact) mass is 188 g/mol. The predicted molar refractivity (Wildman–Crippen MR) is 60.2 cm³/mol. The average Bonchev–Trinajstić information content (AvgIpc) is 2.31. The second kappa shape index (κ2) is 2.84. The summed E-state index contributed by atoms with van der Waals surface area (Å²) in [5, 5.41) is 0.982. The van der Waals surface area contributed by atoms with E-state index in [1.807, 2.05) is 20.9 Å². The molecule has 72 valence electrons. The lowest BCUT2D eigenvalue weighted by Crippen LogP contribution is -2.13. The Balaban J connectivity index is 0.00000112. The molecule has 2 aromatic heterocycles. The maximum absolute atomic E-state index is 5.88. The van der Waals surface area contributed by atoms with Crippen molar-refractivity contribution >= 4 is 24.5 Å². The first-order chi connectivity index (χ1) is 6.52. The van der Waals surface area contributed by atoms with Gasteiger partial charge in [0.25, 0.3) is 0 Å². The fourth-order valence-electron chi connectivity index (χ4n) is 1.77. The van der Waals surface area contributed by atoms with Crippen LogP contribution < -0.4 is 5.59 Å². The van der Waals surface area contributed by atoms with Crippen LogP contribution in [0.1, 0.15) is 18.5 Å². The Morgan fingerprint density at radius 2 is 1.86 bits per heavy atom. The first-order valence-electron chi connectivity index (χ1n) is 4.58. The second-order valence-corrected chi connectivity index (χ2v) is 3.62. The van der Waals surface area contributed by atoms with Crippen molar-refractivity contribution in [2.75, 3.05) is 0 Å². The molecule has 0 amide bonds. The summed E-state index contributed by atoms with van der Waals surface area (Å²) >= 11 is 0. The van der Waals surface area contributed by atoms with Crippen LogP contribution in [-0.2, 0) is 7.05 Å². The first kappa shape index (κ1) is 9.25. The van der Waals surface area contributed by atoms with Crippen molar-refractivity contribution in [1.82, 2.24) is 14.5 Å². The molecule has 0 unspecified atom stereocenters. The molecule has 2 aromatic rings. The van der Waals surface area contributed by atoms with Crippen LogP contribution in [0.3, 0.4) is 0 Å². The summed E-state index contributed by atoms with van der Waals surface area (Å²) in [7, 11) is 7.87. The Kier molecular flexibility index (Phi) is 1.87. The van der Waals surface area contributed by atoms with E-state index in [-0.39, 0.29) is 1.43 Å². The van der Waals surface area contributed by atoms with Crippen molar-refractivity contribution in [3.05, 3.63) is 17.1 Å². The van der Waals surface area contributed by atoms with E-state index in [4.69, 9.17) is 7.85 Å². The number of hydrogen-bond donors (Lipinski definition) is 0. The van der Waals surface area contributed by atoms with Gasteiger partial charge in [0, 0.05) is 25.1 Å². The second-order valence-electron chi connectivity index (χ2n) is 3.62. The third kappa shape index (κ3) is 1.06. The van der Waals surface area contributed by atoms with Crippen LogP contribution in [0.15, 0.2) is 0 Å². The molecule has 2 radical (unpaired) electrons. The smallest absolute Gasteiger partial charge is 0.143 e. The molecule has 0 saturated carbocycles. The Labute approximate surface area is 86.1 Å². The fraction of sp³-hybridized carbons (Fsp3) is 0.400. The largest absolute Gasteiger partial charge is 0.333 e. The molecule has 14 heavy (non-hydrogen) atoms. The van der Waals surface area contributed by atoms with Crippen molar-refractivity contribution in [2.24, 2.45) is 7.05 Å². The van der Waals surface area contributed by atoms with Gasteiger partial charge in [-0.05, 0) is 26.3 Å². The minimum atomic E-state index is 0. The van der Waals surface area contributed by atoms with Crippen molar-refractivity contribution in [2.45, 2.75) is 20.8 Å². The molecule has 0 aromatic carbocycles. The topological polar surface area (TPSA) is 30.7 Å². The molecule has 4 heteroatoms. The van der Waals surface area contributed by atoms with E-state index >= 15 is 0 Å². The van der Waals surface area contributed by atoms with E-state index < -0.39 is 0 Å². The minimum absolute atomic E-state index is 0. The highest BCUT2D eigenvalue weighted by Gasteiger charge is 2.12. The van der Waals surface area contributed by atoms with E-state index in [9.17, 15) is 0 Å². The standard InChI is InChI=1S/C10H12BN3.H2/c1-5-6(2)14(4)10-8(5)9(11)12-7(3)13-10;/h1-4H3;1H/i;1+1. The molecule has 0 atom stereocenters. The van der Waals surface area contributed by atoms with Gasteiger partial charge in [-0.3, -0.25) is 0 Å². The molecule has 2 rings (SSSR count). The summed E-state index contributed by atoms with van der Waals surface area (Å²) in [6.07, 6.45) is 0. The number of aryl methyl sites for hydroxylation is 3. The Morgan fingerprint density at radius 1 is 1.21 bits per heavy atom. The van der Waals surface area contributed by atoms with Crippen molar-refractivity contribution in [1.29, 1.82) is 0 Å². The zero-order valence-electron chi connectivity index (χ0n) is 8.92. The van der Waals surface area contributed by atoms with Crippen molar-refractivity contribution in [3.8, 4) is 0 Å². The van der Waals surface area contributed by atoms with Gasteiger partial charge < -0.3 is 4.57 Å². The molecule has 0 saturated heterocycles. The summed E-state index contributed by atoms with van der Waals surface area (Å²) in [4.78, 5) is 8.56. The van der Waals surface area contributed by atoms with Gasteiger partial charge in [-0.2, -0.15) is 0 Å². The summed E-state index contributed by atoms with van der Waals surface area (Å²) in [5.41, 5.74) is 3.85. The van der Waals surface area contributed by atoms with E-state index in [1.165, 1.54) is 11.3 Å². The van der Waals surface area contributed by atoms with Gasteiger partial charge in [-0.15, -0.1) is 0 Å². The average molecular weight is 188 g/mol. The lowest BCUT2D eigenvalue weighted by molar-refractivity contribution is 0.888. The molecule has 0 aliphatic heterocycles. The number of nitrogens with zero attached hydrogens (tertiary/aromatic N) is 3. The number of fused-ring (bicyclic) bond motifs is 1. The van der Waals surface area contributed by atoms with Crippen LogP contribution in [0.5, 0.6) is 0 Å². The van der Waals surface area contributed by atoms with Gasteiger partial charge in [0.15, 0.2) is 0 Å². The zero-order valence-corrected chi connectivity index (χ0v) is 8.92. The summed E-state index contributed by atoms with van der Waals surface area (Å²) in [6.45, 7) is 5.96. The molecule has 0 aliphatic carbocycles. The molecular weight excluding hydrogens is 173 g/mol. The van der Waals surface area contributed by atoms with Gasteiger partial charge in [0.1, 0.15) is 19.3 Å². The zero-order chi connectivity index (χ0) is 10.5. The van der Waals surface area contributed by atoms with Crippen molar-refractivity contribution in [3.63, 3.8) is 0 Å². The van der Waals surface area contributed by atoms with Crippen LogP contribution in [-0.4, -0.2) is 22.4 Å². The summed E-state index contributed by atoms with van der Waals surface area (Å²) in [6, 6.07) is 0. The van der Waals surface area contributed by atoms with E-state index in [2.05, 4.69) is 21.5 Å². The third-order valence-corrected chi connectivity index (χ3v) is 2.77. The van der Waals surface area contributed by atoms with Gasteiger partial charge in [-0.25, -0.2) is 9.97 Å². The Morgan fingerprint density at radius 3 is 2.50 bits per heavy atom. The molecule has 0 N–H and O–H groups in total. The Hall–Kier alpha value is -1.32. The fourth-order valence-corrected chi connectivity index (χ4v) is 1.77. The normalized spacial score (nSPS) is 11.1. The number of aromatic nitrogens is 3. The third-order valence-electron chi connectivity index (χ3n) is 2.77. The number of rotatable bonds is 0. The van der Waals surface area contributed by atoms with E-state index in [0.29, 0.717) is 5.59 Å². The van der Waals surface area contributed by atoms with Crippen LogP contribution in [0.25, 0.3) is 11.0 Å². The van der Waals surface area contributed by atoms with Gasteiger partial charge in [-0.1, -0.05) is 0 Å². The van der Waals surface area contributed by atoms with E-state index in [0.717, 1.165) is 16.9 Å². The number of hydrogen-bond acceptors (Lipinski definition) is 2. The maximum atomic E-state index is 5.88. The quantitative estimate of drug-likeness (QED) is 0.576. The summed E-state index contributed by atoms with van der Waals surface area (Å²) < 4.78 is 2.05. The Bertz CT molecular complexity index is 519. The van der Waals surface area contributed by atoms with Crippen LogP contribution in [0.2, 0.25) is 0 Å². The van der Waals surface area contributed by atoms with Gasteiger partial charge >= 0.3 is 0 Å². The van der Waals surface area contributed by atoms with Crippen LogP contribution in [0.4, 0.5) is 0 Å². The highest BCUT2D eigenvalue weighted by atomic mass is 15.0. The lowest BCUT2D eigenvalue weighted by Gasteiger charge is -2.00. The first-order valence-corrected chi connectivity index (χ1v) is 4.58. The van der Waals surface area contributed by atoms with Crippen LogP contribution in [0, 0.1) is 20.8 Å². The molecule has 0 fully saturated rings. The molecule has 0 aliphatic rings. The molecule has 0 spiro atoms. The van der Waals surface area contributed by atoms with Crippen LogP contribution >= 0.6 is 0 Å². The summed E-state index contributed by atoms with van der Waals surface area (Å²) in [5.74, 6) is 0.718. The van der Waals surface area contributed by atoms with Gasteiger partial charge in [0.2, 0.25) is 0 Å². The molecule has 2 heterocycles. The lowest BCUT2D eigenvalue weighted by atomic mass is 9.98. The molecule has 0 bridgehead atoms. The molecule has 3 nitrogen and oxygen atoms in total. The van der Waals surface area contributed by atoms with E-state index in [1.54, 1.807) is 0 Å². The maximum Gasteiger partial charge on any atom is 0.143 e.